The molecule has 1 aliphatic heterocycles. The van der Waals surface area contributed by atoms with Crippen LogP contribution in [-0.4, -0.2) is 57.5 Å². The van der Waals surface area contributed by atoms with Gasteiger partial charge in [0.05, 0.1) is 22.7 Å². The number of hydrogen-bond donors (Lipinski definition) is 2. The van der Waals surface area contributed by atoms with E-state index in [4.69, 9.17) is 0 Å². The molecule has 8 nitrogen and oxygen atoms in total. The summed E-state index contributed by atoms with van der Waals surface area (Å²) in [5.74, 6) is -5.86. The van der Waals surface area contributed by atoms with Gasteiger partial charge in [-0.1, -0.05) is 30.8 Å². The molecule has 2 heterocycles. The first-order valence-electron chi connectivity index (χ1n) is 14.1. The van der Waals surface area contributed by atoms with Gasteiger partial charge in [-0.25, -0.2) is 13.2 Å². The van der Waals surface area contributed by atoms with E-state index in [0.717, 1.165) is 12.1 Å². The molecule has 0 bridgehead atoms. The van der Waals surface area contributed by atoms with Gasteiger partial charge in [0.25, 0.3) is 23.6 Å². The molecule has 1 aromatic heterocycles. The Morgan fingerprint density at radius 2 is 1.57 bits per heavy atom. The zero-order valence-electron chi connectivity index (χ0n) is 23.9. The van der Waals surface area contributed by atoms with Crippen molar-refractivity contribution in [3.8, 4) is 11.3 Å². The van der Waals surface area contributed by atoms with Gasteiger partial charge >= 0.3 is 6.18 Å². The van der Waals surface area contributed by atoms with Gasteiger partial charge in [-0.2, -0.15) is 18.3 Å². The minimum absolute atomic E-state index is 0.0585. The highest BCUT2D eigenvalue weighted by Gasteiger charge is 2.46. The summed E-state index contributed by atoms with van der Waals surface area (Å²) < 4.78 is 80.8. The molecule has 2 N–H and O–H groups in total. The number of carbonyl (C=O) groups excluding carboxylic acids is 3. The summed E-state index contributed by atoms with van der Waals surface area (Å²) in [6, 6.07) is 14.0. The minimum atomic E-state index is -4.54. The van der Waals surface area contributed by atoms with E-state index in [1.54, 1.807) is 12.1 Å². The molecule has 14 heteroatoms. The van der Waals surface area contributed by atoms with E-state index >= 15 is 0 Å². The van der Waals surface area contributed by atoms with Gasteiger partial charge in [0.15, 0.2) is 5.83 Å². The monoisotopic (exact) mass is 641 g/mol. The van der Waals surface area contributed by atoms with E-state index < -0.39 is 66.1 Å². The number of fused-ring (bicyclic) bond motifs is 1. The van der Waals surface area contributed by atoms with E-state index in [-0.39, 0.29) is 24.2 Å². The van der Waals surface area contributed by atoms with Gasteiger partial charge < -0.3 is 15.5 Å². The number of rotatable bonds is 7. The molecule has 4 aromatic rings. The van der Waals surface area contributed by atoms with Crippen molar-refractivity contribution in [2.24, 2.45) is 0 Å². The number of anilines is 1. The SMILES string of the molecule is C=C(F)C(=O)N1CC(n2nc(-c3ccc(C(F)(F)F)cc3)c3cccc(C(=O)Nc4ccc(C(=O)NC5CC(F)(F)C5)cc4)c32)C1. The molecule has 3 amide bonds. The van der Waals surface area contributed by atoms with E-state index in [0.29, 0.717) is 27.8 Å². The highest BCUT2D eigenvalue weighted by Crippen LogP contribution is 2.38. The average molecular weight is 642 g/mol. The predicted molar refractivity (Wildman–Crippen MR) is 156 cm³/mol. The zero-order chi connectivity index (χ0) is 33.0. The van der Waals surface area contributed by atoms with Crippen molar-refractivity contribution in [1.29, 1.82) is 0 Å². The van der Waals surface area contributed by atoms with Gasteiger partial charge in [-0.3, -0.25) is 19.1 Å². The third kappa shape index (κ3) is 5.94. The van der Waals surface area contributed by atoms with Crippen LogP contribution in [0.2, 0.25) is 0 Å². The first kappa shape index (κ1) is 30.9. The summed E-state index contributed by atoms with van der Waals surface area (Å²) in [6.45, 7) is 3.14. The molecule has 46 heavy (non-hydrogen) atoms. The molecule has 0 spiro atoms. The lowest BCUT2D eigenvalue weighted by molar-refractivity contribution is -0.137. The Hall–Kier alpha value is -5.14. The van der Waals surface area contributed by atoms with Gasteiger partial charge in [0.2, 0.25) is 0 Å². The molecule has 1 saturated carbocycles. The molecule has 3 aromatic carbocycles. The molecular formula is C32H25F6N5O3. The van der Waals surface area contributed by atoms with Crippen molar-refractivity contribution in [1.82, 2.24) is 20.0 Å². The number of halogens is 6. The van der Waals surface area contributed by atoms with Crippen molar-refractivity contribution in [2.45, 2.75) is 37.0 Å². The standard InChI is InChI=1S/C32H25F6N5O3/c1-17(33)30(46)42-15-23(16-42)43-27-24(26(41-43)18-5-9-20(10-6-18)32(36,37)38)3-2-4-25(27)29(45)39-21-11-7-19(8-12-21)28(44)40-22-13-31(34,35)14-22/h2-12,22-23H,1,13-16H2,(H,39,45)(H,40,44). The highest BCUT2D eigenvalue weighted by atomic mass is 19.4. The topological polar surface area (TPSA) is 96.3 Å². The van der Waals surface area contributed by atoms with Crippen molar-refractivity contribution in [2.75, 3.05) is 18.4 Å². The Morgan fingerprint density at radius 1 is 0.913 bits per heavy atom. The van der Waals surface area contributed by atoms with Crippen molar-refractivity contribution < 1.29 is 40.7 Å². The summed E-state index contributed by atoms with van der Waals surface area (Å²) >= 11 is 0. The number of hydrogen-bond acceptors (Lipinski definition) is 4. The Balaban J connectivity index is 1.29. The first-order chi connectivity index (χ1) is 21.7. The van der Waals surface area contributed by atoms with Crippen molar-refractivity contribution in [3.05, 3.63) is 95.8 Å². The molecule has 0 unspecified atom stereocenters. The van der Waals surface area contributed by atoms with Crippen LogP contribution >= 0.6 is 0 Å². The highest BCUT2D eigenvalue weighted by molar-refractivity contribution is 6.14. The third-order valence-corrected chi connectivity index (χ3v) is 8.02. The van der Waals surface area contributed by atoms with Gasteiger partial charge in [0, 0.05) is 54.2 Å². The Bertz CT molecular complexity index is 1850. The number of nitrogens with one attached hydrogen (secondary N) is 2. The minimum Gasteiger partial charge on any atom is -0.349 e. The fourth-order valence-electron chi connectivity index (χ4n) is 5.55. The lowest BCUT2D eigenvalue weighted by Crippen LogP contribution is -2.51. The van der Waals surface area contributed by atoms with E-state index in [9.17, 15) is 40.7 Å². The van der Waals surface area contributed by atoms with E-state index in [1.165, 1.54) is 52.0 Å². The molecule has 2 fully saturated rings. The number of aromatic nitrogens is 2. The second kappa shape index (κ2) is 11.3. The fraction of sp³-hybridized carbons (Fsp3) is 0.250. The van der Waals surface area contributed by atoms with Gasteiger partial charge in [0.1, 0.15) is 5.69 Å². The molecule has 238 valence electrons. The maximum absolute atomic E-state index is 13.6. The molecule has 2 aliphatic rings. The summed E-state index contributed by atoms with van der Waals surface area (Å²) in [7, 11) is 0. The van der Waals surface area contributed by atoms with Crippen LogP contribution in [0.5, 0.6) is 0 Å². The number of nitrogens with zero attached hydrogens (tertiary/aromatic N) is 3. The average Bonchev–Trinajstić information content (AvgIpc) is 3.34. The number of amides is 3. The molecule has 6 rings (SSSR count). The molecular weight excluding hydrogens is 616 g/mol. The maximum atomic E-state index is 13.6. The van der Waals surface area contributed by atoms with Gasteiger partial charge in [-0.05, 0) is 42.5 Å². The van der Waals surface area contributed by atoms with Gasteiger partial charge in [-0.15, -0.1) is 0 Å². The predicted octanol–water partition coefficient (Wildman–Crippen LogP) is 6.37. The molecule has 0 radical (unpaired) electrons. The Labute approximate surface area is 257 Å². The summed E-state index contributed by atoms with van der Waals surface area (Å²) in [6.07, 6.45) is -5.38. The van der Waals surface area contributed by atoms with Crippen LogP contribution in [0.4, 0.5) is 32.0 Å². The lowest BCUT2D eigenvalue weighted by atomic mass is 9.88. The largest absolute Gasteiger partial charge is 0.416 e. The van der Waals surface area contributed by atoms with Crippen molar-refractivity contribution >= 4 is 34.3 Å². The normalized spacial score (nSPS) is 16.4. The number of likely N-dealkylation sites (tertiary alicyclic amines) is 1. The van der Waals surface area contributed by atoms with Crippen LogP contribution in [0, 0.1) is 0 Å². The zero-order valence-corrected chi connectivity index (χ0v) is 23.9. The molecule has 0 atom stereocenters. The number of benzene rings is 3. The van der Waals surface area contributed by atoms with E-state index in [2.05, 4.69) is 22.3 Å². The Kier molecular flexibility index (Phi) is 7.61. The van der Waals surface area contributed by atoms with Crippen LogP contribution < -0.4 is 10.6 Å². The van der Waals surface area contributed by atoms with Crippen LogP contribution in [0.25, 0.3) is 22.2 Å². The van der Waals surface area contributed by atoms with Crippen LogP contribution in [0.3, 0.4) is 0 Å². The first-order valence-corrected chi connectivity index (χ1v) is 14.1. The second-order valence-electron chi connectivity index (χ2n) is 11.3. The van der Waals surface area contributed by atoms with Crippen molar-refractivity contribution in [3.63, 3.8) is 0 Å². The molecule has 1 aliphatic carbocycles. The van der Waals surface area contributed by atoms with Crippen LogP contribution in [-0.2, 0) is 11.0 Å². The number of para-hydroxylation sites is 1. The maximum Gasteiger partial charge on any atom is 0.416 e. The quantitative estimate of drug-likeness (QED) is 0.181. The fourth-order valence-corrected chi connectivity index (χ4v) is 5.55. The van der Waals surface area contributed by atoms with Crippen LogP contribution in [0.1, 0.15) is 45.2 Å². The van der Waals surface area contributed by atoms with E-state index in [1.807, 2.05) is 0 Å². The Morgan fingerprint density at radius 3 is 2.15 bits per heavy atom. The second-order valence-corrected chi connectivity index (χ2v) is 11.3. The van der Waals surface area contributed by atoms with Crippen LogP contribution in [0.15, 0.2) is 79.1 Å². The third-order valence-electron chi connectivity index (χ3n) is 8.02. The molecule has 1 saturated heterocycles. The lowest BCUT2D eigenvalue weighted by Gasteiger charge is -2.39. The smallest absolute Gasteiger partial charge is 0.349 e. The summed E-state index contributed by atoms with van der Waals surface area (Å²) in [5, 5.41) is 10.4. The number of carbonyl (C=O) groups is 3. The number of alkyl halides is 5. The summed E-state index contributed by atoms with van der Waals surface area (Å²) in [5.41, 5.74) is 0.873. The summed E-state index contributed by atoms with van der Waals surface area (Å²) in [4.78, 5) is 39.3.